The number of carbonyl (C=O) groups excluding carboxylic acids is 2. The molecule has 2 aliphatic rings. The first-order valence-corrected chi connectivity index (χ1v) is 15.4. The fraction of sp³-hybridized carbons (Fsp3) is 0.312. The Kier molecular flexibility index (Phi) is 8.96. The number of hydrogen-bond donors (Lipinski definition) is 2. The minimum Gasteiger partial charge on any atom is -0.495 e. The summed E-state index contributed by atoms with van der Waals surface area (Å²) in [5.41, 5.74) is 1.58. The number of benzene rings is 3. The highest BCUT2D eigenvalue weighted by Gasteiger charge is 2.25. The lowest BCUT2D eigenvalue weighted by Crippen LogP contribution is -2.29. The highest BCUT2D eigenvalue weighted by atomic mass is 32.2. The Morgan fingerprint density at radius 2 is 1.73 bits per heavy atom. The van der Waals surface area contributed by atoms with E-state index in [4.69, 9.17) is 28.7 Å². The van der Waals surface area contributed by atoms with Crippen LogP contribution < -0.4 is 39.9 Å². The molecule has 234 valence electrons. The summed E-state index contributed by atoms with van der Waals surface area (Å²) in [4.78, 5) is 44.7. The first-order valence-electron chi connectivity index (χ1n) is 14.5. The minimum absolute atomic E-state index is 0.0594. The van der Waals surface area contributed by atoms with Crippen LogP contribution >= 0.6 is 11.8 Å². The predicted octanol–water partition coefficient (Wildman–Crippen LogP) is 4.47. The summed E-state index contributed by atoms with van der Waals surface area (Å²) in [5.74, 6) is 2.44. The molecule has 0 saturated heterocycles. The van der Waals surface area contributed by atoms with Crippen LogP contribution in [0.2, 0.25) is 0 Å². The van der Waals surface area contributed by atoms with Gasteiger partial charge in [0.15, 0.2) is 28.2 Å². The van der Waals surface area contributed by atoms with Crippen LogP contribution in [0.25, 0.3) is 10.9 Å². The Bertz CT molecular complexity index is 1810. The predicted molar refractivity (Wildman–Crippen MR) is 167 cm³/mol. The lowest BCUT2D eigenvalue weighted by molar-refractivity contribution is -0.121. The van der Waals surface area contributed by atoms with Crippen LogP contribution in [0, 0.1) is 0 Å². The van der Waals surface area contributed by atoms with Gasteiger partial charge in [-0.1, -0.05) is 36.9 Å². The number of para-hydroxylation sites is 2. The molecule has 0 fully saturated rings. The van der Waals surface area contributed by atoms with E-state index in [1.165, 1.54) is 23.4 Å². The van der Waals surface area contributed by atoms with E-state index in [2.05, 4.69) is 10.6 Å². The molecule has 1 aromatic heterocycles. The van der Waals surface area contributed by atoms with Crippen molar-refractivity contribution in [3.8, 4) is 28.7 Å². The van der Waals surface area contributed by atoms with Crippen LogP contribution in [0.3, 0.4) is 0 Å². The van der Waals surface area contributed by atoms with Crippen LogP contribution in [0.4, 0.5) is 5.69 Å². The number of thioether (sulfide) groups is 1. The smallest absolute Gasteiger partial charge is 0.262 e. The van der Waals surface area contributed by atoms with Crippen molar-refractivity contribution in [2.75, 3.05) is 26.0 Å². The Morgan fingerprint density at radius 3 is 2.51 bits per heavy atom. The SMILES string of the molecule is CC[C@H](Sc1nc2cc3c(cc2c(=O)n1CCCC(=O)NCc1ccc2c(c1)OCO2)OCO3)C(=O)Nc1ccccc1OC. The molecule has 0 aliphatic carbocycles. The number of ether oxygens (including phenoxy) is 5. The van der Waals surface area contributed by atoms with Gasteiger partial charge in [-0.05, 0) is 48.7 Å². The Hall–Kier alpha value is -4.91. The molecular weight excluding hydrogens is 600 g/mol. The third kappa shape index (κ3) is 6.63. The molecule has 0 radical (unpaired) electrons. The van der Waals surface area contributed by atoms with Crippen LogP contribution in [0.5, 0.6) is 28.7 Å². The van der Waals surface area contributed by atoms with Crippen molar-refractivity contribution in [1.82, 2.24) is 14.9 Å². The first-order chi connectivity index (χ1) is 21.9. The number of rotatable bonds is 12. The standard InChI is InChI=1S/C32H32N4O8S/c1-3-28(30(38)34-21-7-4-5-8-23(21)40-2)45-32-35-22-15-27-26(43-18-44-27)14-20(22)31(39)36(32)12-6-9-29(37)33-16-19-10-11-24-25(13-19)42-17-41-24/h4-5,7-8,10-11,13-15,28H,3,6,9,12,16-18H2,1-2H3,(H,33,37)(H,34,38)/t28-/m0/s1. The zero-order chi connectivity index (χ0) is 31.3. The fourth-order valence-electron chi connectivity index (χ4n) is 5.03. The summed E-state index contributed by atoms with van der Waals surface area (Å²) in [5, 5.41) is 6.02. The van der Waals surface area contributed by atoms with E-state index >= 15 is 0 Å². The first kappa shape index (κ1) is 30.1. The topological polar surface area (TPSA) is 139 Å². The summed E-state index contributed by atoms with van der Waals surface area (Å²) in [7, 11) is 1.54. The second-order valence-corrected chi connectivity index (χ2v) is 11.5. The van der Waals surface area contributed by atoms with E-state index in [-0.39, 0.29) is 43.9 Å². The van der Waals surface area contributed by atoms with Crippen molar-refractivity contribution < 1.29 is 33.3 Å². The van der Waals surface area contributed by atoms with Gasteiger partial charge in [-0.25, -0.2) is 4.98 Å². The van der Waals surface area contributed by atoms with E-state index < -0.39 is 5.25 Å². The van der Waals surface area contributed by atoms with Gasteiger partial charge in [0, 0.05) is 25.6 Å². The van der Waals surface area contributed by atoms with Crippen LogP contribution in [-0.4, -0.2) is 47.3 Å². The monoisotopic (exact) mass is 632 g/mol. The molecule has 0 spiro atoms. The van der Waals surface area contributed by atoms with Crippen molar-refractivity contribution in [3.63, 3.8) is 0 Å². The largest absolute Gasteiger partial charge is 0.495 e. The van der Waals surface area contributed by atoms with Gasteiger partial charge in [0.2, 0.25) is 25.4 Å². The second kappa shape index (κ2) is 13.4. The highest BCUT2D eigenvalue weighted by molar-refractivity contribution is 8.00. The van der Waals surface area contributed by atoms with Crippen LogP contribution in [-0.2, 0) is 22.7 Å². The summed E-state index contributed by atoms with van der Waals surface area (Å²) < 4.78 is 28.6. The number of amides is 2. The van der Waals surface area contributed by atoms with Gasteiger partial charge in [0.25, 0.3) is 5.56 Å². The second-order valence-electron chi connectivity index (χ2n) is 10.3. The molecule has 3 aromatic carbocycles. The molecule has 0 bridgehead atoms. The Balaban J connectivity index is 1.19. The Labute approximate surface area is 263 Å². The number of fused-ring (bicyclic) bond motifs is 3. The lowest BCUT2D eigenvalue weighted by Gasteiger charge is -2.19. The van der Waals surface area contributed by atoms with Gasteiger partial charge < -0.3 is 34.3 Å². The fourth-order valence-corrected chi connectivity index (χ4v) is 6.07. The molecule has 6 rings (SSSR count). The molecule has 2 N–H and O–H groups in total. The minimum atomic E-state index is -0.565. The molecule has 2 amide bonds. The summed E-state index contributed by atoms with van der Waals surface area (Å²) in [6.07, 6.45) is 1.04. The van der Waals surface area contributed by atoms with Gasteiger partial charge in [0.1, 0.15) is 5.75 Å². The van der Waals surface area contributed by atoms with Gasteiger partial charge in [-0.3, -0.25) is 19.0 Å². The van der Waals surface area contributed by atoms with Crippen molar-refractivity contribution in [2.45, 2.75) is 49.7 Å². The maximum atomic E-state index is 13.8. The molecule has 2 aliphatic heterocycles. The molecule has 3 heterocycles. The van der Waals surface area contributed by atoms with Crippen molar-refractivity contribution in [3.05, 3.63) is 70.5 Å². The van der Waals surface area contributed by atoms with Crippen molar-refractivity contribution in [2.24, 2.45) is 0 Å². The maximum Gasteiger partial charge on any atom is 0.262 e. The van der Waals surface area contributed by atoms with Gasteiger partial charge in [0.05, 0.1) is 29.0 Å². The Morgan fingerprint density at radius 1 is 1.00 bits per heavy atom. The zero-order valence-corrected chi connectivity index (χ0v) is 25.6. The van der Waals surface area contributed by atoms with Crippen LogP contribution in [0.1, 0.15) is 31.7 Å². The van der Waals surface area contributed by atoms with Gasteiger partial charge in [-0.2, -0.15) is 0 Å². The summed E-state index contributed by atoms with van der Waals surface area (Å²) in [6.45, 7) is 2.69. The molecular formula is C32H32N4O8S. The third-order valence-electron chi connectivity index (χ3n) is 7.40. The highest BCUT2D eigenvalue weighted by Crippen LogP contribution is 2.36. The molecule has 1 atom stereocenters. The van der Waals surface area contributed by atoms with Crippen molar-refractivity contribution in [1.29, 1.82) is 0 Å². The number of hydrogen-bond acceptors (Lipinski definition) is 10. The molecule has 4 aromatic rings. The number of carbonyl (C=O) groups is 2. The number of methoxy groups -OCH3 is 1. The molecule has 0 saturated carbocycles. The lowest BCUT2D eigenvalue weighted by atomic mass is 10.2. The van der Waals surface area contributed by atoms with E-state index in [1.807, 2.05) is 37.3 Å². The number of aromatic nitrogens is 2. The molecule has 45 heavy (non-hydrogen) atoms. The van der Waals surface area contributed by atoms with Gasteiger partial charge >= 0.3 is 0 Å². The van der Waals surface area contributed by atoms with Gasteiger partial charge in [-0.15, -0.1) is 0 Å². The quantitative estimate of drug-likeness (QED) is 0.170. The maximum absolute atomic E-state index is 13.8. The third-order valence-corrected chi connectivity index (χ3v) is 8.76. The number of nitrogens with zero attached hydrogens (tertiary/aromatic N) is 2. The molecule has 13 heteroatoms. The zero-order valence-electron chi connectivity index (χ0n) is 24.8. The number of anilines is 1. The van der Waals surface area contributed by atoms with E-state index in [0.717, 1.165) is 5.56 Å². The van der Waals surface area contributed by atoms with Crippen LogP contribution in [0.15, 0.2) is 64.5 Å². The van der Waals surface area contributed by atoms with E-state index in [0.29, 0.717) is 69.9 Å². The number of nitrogens with one attached hydrogen (secondary N) is 2. The summed E-state index contributed by atoms with van der Waals surface area (Å²) in [6, 6.07) is 16.0. The average Bonchev–Trinajstić information content (AvgIpc) is 3.72. The normalized spacial score (nSPS) is 13.5. The molecule has 12 nitrogen and oxygen atoms in total. The average molecular weight is 633 g/mol. The van der Waals surface area contributed by atoms with E-state index in [9.17, 15) is 14.4 Å². The molecule has 0 unspecified atom stereocenters. The summed E-state index contributed by atoms with van der Waals surface area (Å²) >= 11 is 1.20. The van der Waals surface area contributed by atoms with Crippen molar-refractivity contribution >= 4 is 40.2 Å². The van der Waals surface area contributed by atoms with E-state index in [1.54, 1.807) is 24.3 Å².